The number of nitrogens with two attached hydrogens (primary N) is 1. The van der Waals surface area contributed by atoms with Gasteiger partial charge in [-0.25, -0.2) is 8.42 Å². The highest BCUT2D eigenvalue weighted by Gasteiger charge is 2.18. The molecule has 1 unspecified atom stereocenters. The van der Waals surface area contributed by atoms with Crippen LogP contribution < -0.4 is 10.5 Å². The predicted molar refractivity (Wildman–Crippen MR) is 73.6 cm³/mol. The molecule has 1 aromatic carbocycles. The molecule has 4 nitrogen and oxygen atoms in total. The summed E-state index contributed by atoms with van der Waals surface area (Å²) in [5, 5.41) is 0. The molecule has 0 heterocycles. The van der Waals surface area contributed by atoms with E-state index in [1.807, 2.05) is 26.0 Å². The standard InChI is InChI=1S/C13H21NO3S/c1-4-7-18(15,16)9-13(14)12-6-5-11(17-3)8-10(12)2/h5-6,8,13H,4,7,9,14H2,1-3H3. The Kier molecular flexibility index (Phi) is 5.16. The quantitative estimate of drug-likeness (QED) is 0.857. The number of sulfone groups is 1. The summed E-state index contributed by atoms with van der Waals surface area (Å²) < 4.78 is 28.6. The van der Waals surface area contributed by atoms with E-state index >= 15 is 0 Å². The summed E-state index contributed by atoms with van der Waals surface area (Å²) in [6.45, 7) is 3.76. The molecule has 1 aromatic rings. The lowest BCUT2D eigenvalue weighted by molar-refractivity contribution is 0.414. The number of hydrogen-bond acceptors (Lipinski definition) is 4. The van der Waals surface area contributed by atoms with Crippen LogP contribution in [0, 0.1) is 6.92 Å². The van der Waals surface area contributed by atoms with E-state index in [9.17, 15) is 8.42 Å². The third-order valence-electron chi connectivity index (χ3n) is 2.83. The predicted octanol–water partition coefficient (Wildman–Crippen LogP) is 1.83. The van der Waals surface area contributed by atoms with Crippen molar-refractivity contribution in [3.05, 3.63) is 29.3 Å². The Bertz CT molecular complexity index is 497. The molecular weight excluding hydrogens is 250 g/mol. The van der Waals surface area contributed by atoms with Crippen LogP contribution in [0.15, 0.2) is 18.2 Å². The van der Waals surface area contributed by atoms with Gasteiger partial charge in [0, 0.05) is 11.8 Å². The van der Waals surface area contributed by atoms with Gasteiger partial charge < -0.3 is 10.5 Å². The van der Waals surface area contributed by atoms with Crippen molar-refractivity contribution in [2.24, 2.45) is 5.73 Å². The largest absolute Gasteiger partial charge is 0.497 e. The first-order valence-corrected chi connectivity index (χ1v) is 7.82. The molecule has 0 aliphatic rings. The SMILES string of the molecule is CCCS(=O)(=O)CC(N)c1ccc(OC)cc1C. The molecule has 0 amide bonds. The Balaban J connectivity index is 2.88. The lowest BCUT2D eigenvalue weighted by Crippen LogP contribution is -2.24. The zero-order chi connectivity index (χ0) is 13.8. The van der Waals surface area contributed by atoms with Gasteiger partial charge in [0.1, 0.15) is 5.75 Å². The van der Waals surface area contributed by atoms with E-state index in [1.165, 1.54) is 0 Å². The molecule has 0 saturated heterocycles. The maximum atomic E-state index is 11.7. The number of hydrogen-bond donors (Lipinski definition) is 1. The summed E-state index contributed by atoms with van der Waals surface area (Å²) in [5.74, 6) is 0.934. The fourth-order valence-electron chi connectivity index (χ4n) is 1.95. The first kappa shape index (κ1) is 15.0. The van der Waals surface area contributed by atoms with E-state index in [0.29, 0.717) is 6.42 Å². The highest BCUT2D eigenvalue weighted by molar-refractivity contribution is 7.91. The molecule has 0 fully saturated rings. The van der Waals surface area contributed by atoms with Crippen LogP contribution in [0.2, 0.25) is 0 Å². The van der Waals surface area contributed by atoms with E-state index in [-0.39, 0.29) is 11.5 Å². The minimum atomic E-state index is -3.07. The summed E-state index contributed by atoms with van der Waals surface area (Å²) in [6, 6.07) is 5.02. The summed E-state index contributed by atoms with van der Waals surface area (Å²) in [4.78, 5) is 0. The maximum Gasteiger partial charge on any atom is 0.152 e. The summed E-state index contributed by atoms with van der Waals surface area (Å²) in [7, 11) is -1.47. The number of aryl methyl sites for hydroxylation is 1. The molecule has 1 rings (SSSR count). The first-order chi connectivity index (χ1) is 8.39. The van der Waals surface area contributed by atoms with Gasteiger partial charge in [-0.15, -0.1) is 0 Å². The van der Waals surface area contributed by atoms with Crippen LogP contribution in [0.1, 0.15) is 30.5 Å². The number of rotatable bonds is 6. The molecule has 0 aliphatic heterocycles. The Morgan fingerprint density at radius 2 is 2.06 bits per heavy atom. The van der Waals surface area contributed by atoms with Crippen molar-refractivity contribution in [2.75, 3.05) is 18.6 Å². The van der Waals surface area contributed by atoms with Gasteiger partial charge in [0.2, 0.25) is 0 Å². The molecular formula is C13H21NO3S. The molecule has 102 valence electrons. The van der Waals surface area contributed by atoms with Gasteiger partial charge in [0.25, 0.3) is 0 Å². The molecule has 0 spiro atoms. The van der Waals surface area contributed by atoms with Crippen LogP contribution >= 0.6 is 0 Å². The van der Waals surface area contributed by atoms with E-state index in [0.717, 1.165) is 16.9 Å². The van der Waals surface area contributed by atoms with Gasteiger partial charge in [0.05, 0.1) is 12.9 Å². The van der Waals surface area contributed by atoms with Gasteiger partial charge >= 0.3 is 0 Å². The van der Waals surface area contributed by atoms with E-state index < -0.39 is 15.9 Å². The van der Waals surface area contributed by atoms with E-state index in [2.05, 4.69) is 0 Å². The van der Waals surface area contributed by atoms with Crippen molar-refractivity contribution < 1.29 is 13.2 Å². The molecule has 0 bridgehead atoms. The summed E-state index contributed by atoms with van der Waals surface area (Å²) in [5.41, 5.74) is 7.79. The average Bonchev–Trinajstić information content (AvgIpc) is 2.27. The summed E-state index contributed by atoms with van der Waals surface area (Å²) >= 11 is 0. The van der Waals surface area contributed by atoms with Crippen molar-refractivity contribution in [2.45, 2.75) is 26.3 Å². The van der Waals surface area contributed by atoms with Crippen molar-refractivity contribution >= 4 is 9.84 Å². The molecule has 18 heavy (non-hydrogen) atoms. The normalized spacial score (nSPS) is 13.3. The molecule has 0 aliphatic carbocycles. The van der Waals surface area contributed by atoms with Gasteiger partial charge in [-0.2, -0.15) is 0 Å². The second kappa shape index (κ2) is 6.20. The first-order valence-electron chi connectivity index (χ1n) is 6.00. The second-order valence-corrected chi connectivity index (χ2v) is 6.67. The van der Waals surface area contributed by atoms with Gasteiger partial charge in [-0.05, 0) is 36.6 Å². The maximum absolute atomic E-state index is 11.7. The number of benzene rings is 1. The molecule has 0 saturated carbocycles. The Labute approximate surface area is 109 Å². The Hall–Kier alpha value is -1.07. The van der Waals surface area contributed by atoms with Gasteiger partial charge in [-0.1, -0.05) is 13.0 Å². The fraction of sp³-hybridized carbons (Fsp3) is 0.538. The fourth-order valence-corrected chi connectivity index (χ4v) is 3.46. The van der Waals surface area contributed by atoms with E-state index in [1.54, 1.807) is 13.2 Å². The Morgan fingerprint density at radius 3 is 2.56 bits per heavy atom. The van der Waals surface area contributed by atoms with Gasteiger partial charge in [-0.3, -0.25) is 0 Å². The third-order valence-corrected chi connectivity index (χ3v) is 4.72. The lowest BCUT2D eigenvalue weighted by Gasteiger charge is -2.15. The molecule has 2 N–H and O–H groups in total. The van der Waals surface area contributed by atoms with Crippen LogP contribution in [-0.4, -0.2) is 27.0 Å². The summed E-state index contributed by atoms with van der Waals surface area (Å²) in [6.07, 6.45) is 0.622. The number of methoxy groups -OCH3 is 1. The van der Waals surface area contributed by atoms with E-state index in [4.69, 9.17) is 10.5 Å². The number of ether oxygens (including phenoxy) is 1. The monoisotopic (exact) mass is 271 g/mol. The topological polar surface area (TPSA) is 69.4 Å². The zero-order valence-corrected chi connectivity index (χ0v) is 12.0. The Morgan fingerprint density at radius 1 is 1.39 bits per heavy atom. The van der Waals surface area contributed by atoms with Crippen molar-refractivity contribution in [1.82, 2.24) is 0 Å². The highest BCUT2D eigenvalue weighted by atomic mass is 32.2. The smallest absolute Gasteiger partial charge is 0.152 e. The van der Waals surface area contributed by atoms with Crippen LogP contribution in [0.5, 0.6) is 5.75 Å². The van der Waals surface area contributed by atoms with Crippen molar-refractivity contribution in [1.29, 1.82) is 0 Å². The molecule has 5 heteroatoms. The second-order valence-electron chi connectivity index (χ2n) is 4.44. The average molecular weight is 271 g/mol. The van der Waals surface area contributed by atoms with Crippen LogP contribution in [0.3, 0.4) is 0 Å². The van der Waals surface area contributed by atoms with Crippen LogP contribution in [-0.2, 0) is 9.84 Å². The van der Waals surface area contributed by atoms with Gasteiger partial charge in [0.15, 0.2) is 9.84 Å². The molecule has 0 radical (unpaired) electrons. The molecule has 0 aromatic heterocycles. The zero-order valence-electron chi connectivity index (χ0n) is 11.1. The minimum absolute atomic E-state index is 0.00594. The van der Waals surface area contributed by atoms with Crippen molar-refractivity contribution in [3.63, 3.8) is 0 Å². The molecule has 1 atom stereocenters. The van der Waals surface area contributed by atoms with Crippen LogP contribution in [0.25, 0.3) is 0 Å². The third kappa shape index (κ3) is 3.99. The minimum Gasteiger partial charge on any atom is -0.497 e. The lowest BCUT2D eigenvalue weighted by atomic mass is 10.0. The highest BCUT2D eigenvalue weighted by Crippen LogP contribution is 2.22. The van der Waals surface area contributed by atoms with Crippen LogP contribution in [0.4, 0.5) is 0 Å². The van der Waals surface area contributed by atoms with Crippen molar-refractivity contribution in [3.8, 4) is 5.75 Å².